The molecule has 1 aromatic carbocycles. The molecule has 2 heterocycles. The second-order valence-corrected chi connectivity index (χ2v) is 11.1. The van der Waals surface area contributed by atoms with E-state index in [1.165, 1.54) is 12.8 Å². The van der Waals surface area contributed by atoms with Crippen LogP contribution in [0.2, 0.25) is 0 Å². The van der Waals surface area contributed by atoms with Gasteiger partial charge in [0.15, 0.2) is 0 Å². The van der Waals surface area contributed by atoms with E-state index in [4.69, 9.17) is 9.90 Å². The molecule has 1 unspecified atom stereocenters. The van der Waals surface area contributed by atoms with Crippen molar-refractivity contribution < 1.29 is 36.3 Å². The van der Waals surface area contributed by atoms with E-state index < -0.39 is 27.7 Å². The fourth-order valence-electron chi connectivity index (χ4n) is 4.91. The van der Waals surface area contributed by atoms with Gasteiger partial charge in [0.25, 0.3) is 0 Å². The Labute approximate surface area is 202 Å². The number of likely N-dealkylation sites (N-methyl/N-ethyl adjacent to an activating group) is 1. The number of carbonyl (C=O) groups excluding carboxylic acids is 1. The summed E-state index contributed by atoms with van der Waals surface area (Å²) >= 11 is 0. The molecule has 13 heteroatoms. The number of sulfonamides is 1. The summed E-state index contributed by atoms with van der Waals surface area (Å²) in [6, 6.07) is 7.49. The van der Waals surface area contributed by atoms with Crippen LogP contribution in [0.4, 0.5) is 18.0 Å². The van der Waals surface area contributed by atoms with Crippen molar-refractivity contribution in [2.75, 3.05) is 40.3 Å². The van der Waals surface area contributed by atoms with Crippen molar-refractivity contribution in [3.63, 3.8) is 0 Å². The summed E-state index contributed by atoms with van der Waals surface area (Å²) in [5.41, 5.74) is 0.184. The summed E-state index contributed by atoms with van der Waals surface area (Å²) in [5.74, 6) is -2.76. The van der Waals surface area contributed by atoms with E-state index in [1.54, 1.807) is 21.3 Å². The second-order valence-electron chi connectivity index (χ2n) is 9.31. The van der Waals surface area contributed by atoms with E-state index in [1.807, 2.05) is 31.1 Å². The Morgan fingerprint density at radius 1 is 1.20 bits per heavy atom. The first-order valence-electron chi connectivity index (χ1n) is 11.4. The molecule has 2 fully saturated rings. The molecule has 4 rings (SSSR count). The number of urea groups is 1. The number of alkyl halides is 3. The lowest BCUT2D eigenvalue weighted by molar-refractivity contribution is -0.192. The van der Waals surface area contributed by atoms with E-state index in [0.717, 1.165) is 18.4 Å². The van der Waals surface area contributed by atoms with E-state index in [-0.39, 0.29) is 12.1 Å². The zero-order valence-corrected chi connectivity index (χ0v) is 20.5. The number of aliphatic carboxylic acids is 1. The monoisotopic (exact) mass is 520 g/mol. The maximum absolute atomic E-state index is 13.3. The first-order chi connectivity index (χ1) is 16.3. The minimum Gasteiger partial charge on any atom is -0.475 e. The molecule has 1 spiro atoms. The minimum absolute atomic E-state index is 0.0573. The number of nitrogens with one attached hydrogen (secondary N) is 1. The predicted molar refractivity (Wildman–Crippen MR) is 121 cm³/mol. The first kappa shape index (κ1) is 27.2. The molecule has 9 nitrogen and oxygen atoms in total. The van der Waals surface area contributed by atoms with Crippen molar-refractivity contribution in [3.8, 4) is 0 Å². The van der Waals surface area contributed by atoms with Crippen molar-refractivity contribution in [2.24, 2.45) is 0 Å². The van der Waals surface area contributed by atoms with Crippen LogP contribution >= 0.6 is 0 Å². The topological polar surface area (TPSA) is 110 Å². The third-order valence-corrected chi connectivity index (χ3v) is 8.67. The third-order valence-electron chi connectivity index (χ3n) is 6.64. The number of hydrogen-bond donors (Lipinski definition) is 2. The Morgan fingerprint density at radius 2 is 1.80 bits per heavy atom. The van der Waals surface area contributed by atoms with Gasteiger partial charge in [0, 0.05) is 32.2 Å². The van der Waals surface area contributed by atoms with Crippen LogP contribution in [0.25, 0.3) is 0 Å². The Kier molecular flexibility index (Phi) is 8.02. The van der Waals surface area contributed by atoms with Crippen LogP contribution in [-0.4, -0.2) is 92.1 Å². The maximum atomic E-state index is 13.3. The zero-order valence-electron chi connectivity index (χ0n) is 19.7. The number of fused-ring (bicyclic) bond motifs is 2. The number of nitrogens with zero attached hydrogens (tertiary/aromatic N) is 3. The van der Waals surface area contributed by atoms with Gasteiger partial charge in [-0.2, -0.15) is 17.5 Å². The van der Waals surface area contributed by atoms with Gasteiger partial charge in [0.2, 0.25) is 10.0 Å². The SMILES string of the molecule is CN(C)CCN1C2(CCN(C(=O)NC3CCCC3)C2)c2ccccc2S1(=O)=O.O=C(O)C(F)(F)F. The Bertz CT molecular complexity index is 1040. The average Bonchev–Trinajstić information content (AvgIpc) is 3.47. The van der Waals surface area contributed by atoms with Gasteiger partial charge in [-0.1, -0.05) is 31.0 Å². The quantitative estimate of drug-likeness (QED) is 0.631. The van der Waals surface area contributed by atoms with Gasteiger partial charge in [-0.25, -0.2) is 18.0 Å². The molecule has 2 amide bonds. The van der Waals surface area contributed by atoms with Gasteiger partial charge in [0.05, 0.1) is 10.4 Å². The second kappa shape index (κ2) is 10.3. The Balaban J connectivity index is 0.000000429. The molecule has 2 N–H and O–H groups in total. The molecule has 1 saturated carbocycles. The van der Waals surface area contributed by atoms with Gasteiger partial charge >= 0.3 is 18.2 Å². The van der Waals surface area contributed by atoms with Crippen LogP contribution in [0.3, 0.4) is 0 Å². The lowest BCUT2D eigenvalue weighted by atomic mass is 9.89. The standard InChI is InChI=1S/C20H30N4O3S.C2HF3O2/c1-22(2)13-14-24-20(17-9-5-6-10-18(17)28(24,26)27)11-12-23(15-20)19(25)21-16-7-3-4-8-16;3-2(4,5)1(6)7/h5-6,9-10,16H,3-4,7-8,11-15H2,1-2H3,(H,21,25);(H,6,7). The fourth-order valence-corrected chi connectivity index (χ4v) is 6.96. The molecule has 1 aliphatic carbocycles. The molecule has 0 bridgehead atoms. The van der Waals surface area contributed by atoms with Gasteiger partial charge in [-0.15, -0.1) is 0 Å². The summed E-state index contributed by atoms with van der Waals surface area (Å²) in [6.07, 6.45) is -0.0415. The molecule has 0 radical (unpaired) electrons. The number of halogens is 3. The molecule has 196 valence electrons. The summed E-state index contributed by atoms with van der Waals surface area (Å²) in [5, 5.41) is 10.3. The van der Waals surface area contributed by atoms with Crippen LogP contribution in [-0.2, 0) is 20.4 Å². The number of likely N-dealkylation sites (tertiary alicyclic amines) is 1. The van der Waals surface area contributed by atoms with Crippen LogP contribution in [0.1, 0.15) is 37.7 Å². The van der Waals surface area contributed by atoms with Crippen molar-refractivity contribution in [1.29, 1.82) is 0 Å². The van der Waals surface area contributed by atoms with Crippen LogP contribution in [0.15, 0.2) is 29.2 Å². The van der Waals surface area contributed by atoms with Crippen LogP contribution < -0.4 is 5.32 Å². The lowest BCUT2D eigenvalue weighted by Crippen LogP contribution is -2.50. The summed E-state index contributed by atoms with van der Waals surface area (Å²) in [7, 11) is 0.329. The molecule has 1 saturated heterocycles. The first-order valence-corrected chi connectivity index (χ1v) is 12.9. The Morgan fingerprint density at radius 3 is 2.37 bits per heavy atom. The number of rotatable bonds is 4. The number of amides is 2. The normalized spacial score (nSPS) is 23.9. The molecule has 0 aromatic heterocycles. The summed E-state index contributed by atoms with van der Waals surface area (Å²) in [6.45, 7) is 2.04. The Hall–Kier alpha value is -2.38. The van der Waals surface area contributed by atoms with Crippen molar-refractivity contribution >= 4 is 22.0 Å². The fraction of sp³-hybridized carbons (Fsp3) is 0.636. The van der Waals surface area contributed by atoms with Gasteiger partial charge in [-0.05, 0) is 45.0 Å². The van der Waals surface area contributed by atoms with Gasteiger partial charge < -0.3 is 20.2 Å². The number of carbonyl (C=O) groups is 2. The number of carboxylic acids is 1. The van der Waals surface area contributed by atoms with E-state index in [2.05, 4.69) is 5.32 Å². The number of benzene rings is 1. The van der Waals surface area contributed by atoms with E-state index >= 15 is 0 Å². The predicted octanol–water partition coefficient (Wildman–Crippen LogP) is 2.44. The molecular formula is C22H31F3N4O5S. The summed E-state index contributed by atoms with van der Waals surface area (Å²) < 4.78 is 60.0. The highest BCUT2D eigenvalue weighted by atomic mass is 32.2. The maximum Gasteiger partial charge on any atom is 0.490 e. The summed E-state index contributed by atoms with van der Waals surface area (Å²) in [4.78, 5) is 25.9. The van der Waals surface area contributed by atoms with Crippen LogP contribution in [0, 0.1) is 0 Å². The highest BCUT2D eigenvalue weighted by Gasteiger charge is 2.57. The smallest absolute Gasteiger partial charge is 0.475 e. The largest absolute Gasteiger partial charge is 0.490 e. The molecule has 3 aliphatic rings. The van der Waals surface area contributed by atoms with E-state index in [9.17, 15) is 26.4 Å². The number of hydrogen-bond acceptors (Lipinski definition) is 5. The van der Waals surface area contributed by atoms with Crippen LogP contribution in [0.5, 0.6) is 0 Å². The molecule has 1 aromatic rings. The zero-order chi connectivity index (χ0) is 26.0. The molecule has 1 atom stereocenters. The minimum atomic E-state index is -5.08. The number of carboxylic acid groups (broad SMARTS) is 1. The average molecular weight is 521 g/mol. The molecular weight excluding hydrogens is 489 g/mol. The van der Waals surface area contributed by atoms with Gasteiger partial charge in [-0.3, -0.25) is 0 Å². The molecule has 2 aliphatic heterocycles. The van der Waals surface area contributed by atoms with Crippen molar-refractivity contribution in [3.05, 3.63) is 29.8 Å². The highest BCUT2D eigenvalue weighted by Crippen LogP contribution is 2.49. The van der Waals surface area contributed by atoms with Gasteiger partial charge in [0.1, 0.15) is 0 Å². The van der Waals surface area contributed by atoms with Crippen molar-refractivity contribution in [2.45, 2.75) is 54.8 Å². The van der Waals surface area contributed by atoms with Crippen molar-refractivity contribution in [1.82, 2.24) is 19.4 Å². The third kappa shape index (κ3) is 5.72. The lowest BCUT2D eigenvalue weighted by Gasteiger charge is -2.34. The van der Waals surface area contributed by atoms with E-state index in [0.29, 0.717) is 37.5 Å². The molecule has 35 heavy (non-hydrogen) atoms. The highest BCUT2D eigenvalue weighted by molar-refractivity contribution is 7.89.